The number of hydrogen-bond acceptors (Lipinski definition) is 20. The van der Waals surface area contributed by atoms with Gasteiger partial charge in [-0.3, -0.25) is 46.9 Å². The quantitative estimate of drug-likeness (QED) is 0.00922. The molecule has 1 heterocycles. The minimum atomic E-state index is -4.88. The molecule has 0 saturated carbocycles. The van der Waals surface area contributed by atoms with Gasteiger partial charge in [0, 0.05) is 39.1 Å². The molecule has 30 heteroatoms. The van der Waals surface area contributed by atoms with Gasteiger partial charge >= 0.3 is 86.7 Å². The maximum Gasteiger partial charge on any atom is 1.00 e. The molecule has 1 aliphatic rings. The Labute approximate surface area is 767 Å². The van der Waals surface area contributed by atoms with Gasteiger partial charge in [0.2, 0.25) is 11.8 Å². The monoisotopic (exact) mass is 1760 g/mol. The maximum absolute atomic E-state index is 13.9. The van der Waals surface area contributed by atoms with Crippen LogP contribution in [-0.4, -0.2) is 176 Å². The number of hydrogen-bond donors (Lipinski definition) is 8. The molecule has 10 atom stereocenters. The summed E-state index contributed by atoms with van der Waals surface area (Å²) < 4.78 is 83.5. The van der Waals surface area contributed by atoms with E-state index in [9.17, 15) is 57.9 Å². The Morgan fingerprint density at radius 3 is 0.992 bits per heavy atom. The first kappa shape index (κ1) is 119. The first-order chi connectivity index (χ1) is 56.4. The van der Waals surface area contributed by atoms with Gasteiger partial charge < -0.3 is 72.5 Å². The van der Waals surface area contributed by atoms with Crippen LogP contribution in [0.2, 0.25) is 0 Å². The summed E-state index contributed by atoms with van der Waals surface area (Å²) in [5, 5.41) is 32.1. The standard InChI is InChI=1S/C89H168N4O22P2.2Na.2H/c1-9-15-21-27-31-35-39-45-51-57-79(112-83(98)59-53-47-41-37-33-29-23-17-11-3)69-81(96)92-75(71-106-65-61-77(94)55-49-43-25-19-13-5)73-110-116(102,103)108-67-63-90-87(100)85-86(115-89(7,8)114-85)88(101)91-64-68-109-117(104,105)111-74-76(72-107-66-62-78(95)56-50-44-26-20-14-6)93-82(97)70-80(58-52-46-40-36-32-28-22-16-10-2)113-84(99)60-54-48-42-38-34-30-24-18-12-4;;;;/h37-38,41-42,75-80,85-86,94-95H,9-36,39-40,43-74H2,1-8H3,(H,90,100)(H,91,101)(H,92,96)(H,93,97)(H,102,103)(H,104,105);;;;/q;2*+1;2*-1/b41-37+,42-38+;;;;/t75?,76?,77-,78-,79-,80-,85+,86+;;;;/m1..../s1. The van der Waals surface area contributed by atoms with Crippen LogP contribution in [0.1, 0.15) is 392 Å². The summed E-state index contributed by atoms with van der Waals surface area (Å²) in [6.07, 6.45) is 50.1. The molecule has 0 radical (unpaired) electrons. The van der Waals surface area contributed by atoms with E-state index in [0.29, 0.717) is 51.4 Å². The summed E-state index contributed by atoms with van der Waals surface area (Å²) in [5.41, 5.74) is 0. The van der Waals surface area contributed by atoms with E-state index in [1.165, 1.54) is 104 Å². The van der Waals surface area contributed by atoms with Crippen LogP contribution in [0.3, 0.4) is 0 Å². The number of unbranched alkanes of at least 4 members (excludes halogenated alkanes) is 34. The molecule has 0 aromatic heterocycles. The molecular formula is C89H170N4Na2O22P2. The largest absolute Gasteiger partial charge is 1.00 e. The molecule has 1 fully saturated rings. The van der Waals surface area contributed by atoms with Crippen LogP contribution < -0.4 is 80.4 Å². The average Bonchev–Trinajstić information content (AvgIpc) is 1.66. The molecular weight excluding hydrogens is 1580 g/mol. The number of phosphoric ester groups is 2. The third kappa shape index (κ3) is 73.0. The van der Waals surface area contributed by atoms with Crippen molar-refractivity contribution in [2.75, 3.05) is 65.9 Å². The second kappa shape index (κ2) is 80.8. The average molecular weight is 1760 g/mol. The summed E-state index contributed by atoms with van der Waals surface area (Å²) >= 11 is 0. The van der Waals surface area contributed by atoms with Crippen molar-refractivity contribution in [1.29, 1.82) is 0 Å². The van der Waals surface area contributed by atoms with E-state index in [1.54, 1.807) is 0 Å². The molecule has 1 saturated heterocycles. The van der Waals surface area contributed by atoms with Crippen LogP contribution in [0.4, 0.5) is 0 Å². The van der Waals surface area contributed by atoms with Gasteiger partial charge in [-0.15, -0.1) is 0 Å². The van der Waals surface area contributed by atoms with Crippen molar-refractivity contribution in [3.63, 3.8) is 0 Å². The number of esters is 2. The molecule has 690 valence electrons. The molecule has 1 rings (SSSR count). The van der Waals surface area contributed by atoms with Crippen molar-refractivity contribution in [2.24, 2.45) is 0 Å². The molecule has 4 amide bonds. The Bertz CT molecular complexity index is 2490. The normalized spacial score (nSPS) is 16.5. The fraction of sp³-hybridized carbons (Fsp3) is 0.888. The molecule has 8 N–H and O–H groups in total. The Morgan fingerprint density at radius 2 is 0.672 bits per heavy atom. The zero-order valence-electron chi connectivity index (χ0n) is 78.3. The fourth-order valence-corrected chi connectivity index (χ4v) is 15.2. The first-order valence-electron chi connectivity index (χ1n) is 46.4. The first-order valence-corrected chi connectivity index (χ1v) is 49.3. The zero-order valence-corrected chi connectivity index (χ0v) is 82.1. The minimum Gasteiger partial charge on any atom is -1.00 e. The third-order valence-electron chi connectivity index (χ3n) is 20.6. The second-order valence-electron chi connectivity index (χ2n) is 32.5. The van der Waals surface area contributed by atoms with Crippen LogP contribution in [-0.2, 0) is 84.4 Å². The topological polar surface area (TPSA) is 358 Å². The SMILES string of the molecule is CCCCCC/C=C/CCCC(=O)O[C@H](CCCCCCCCCCC)CC(=O)NC(COCC[C@H](O)CCCCCCC)COP(=O)(O)OCCNC(=O)[C@H]1OC(C)(C)O[C@@H]1C(=O)NCCOP(=O)(O)OCC(COCC[C@H](O)CCCCCCC)NC(=O)C[C@@H](CCCCCCCCCCC)OC(=O)CCC/C=C/CCCCCC.[H-].[H-].[Na+].[Na+]. The van der Waals surface area contributed by atoms with Gasteiger partial charge in [-0.05, 0) is 117 Å². The smallest absolute Gasteiger partial charge is 1.00 e. The zero-order chi connectivity index (χ0) is 86.2. The number of carbonyl (C=O) groups excluding carboxylic acids is 6. The van der Waals surface area contributed by atoms with Crippen LogP contribution in [0.15, 0.2) is 24.3 Å². The number of aliphatic hydroxyl groups excluding tert-OH is 2. The predicted molar refractivity (Wildman–Crippen MR) is 465 cm³/mol. The molecule has 119 heavy (non-hydrogen) atoms. The maximum atomic E-state index is 13.9. The van der Waals surface area contributed by atoms with Crippen LogP contribution in [0.5, 0.6) is 0 Å². The molecule has 26 nitrogen and oxygen atoms in total. The van der Waals surface area contributed by atoms with E-state index in [-0.39, 0.29) is 139 Å². The number of aliphatic hydroxyl groups is 2. The van der Waals surface area contributed by atoms with Crippen molar-refractivity contribution in [3.8, 4) is 0 Å². The summed E-state index contributed by atoms with van der Waals surface area (Å²) in [5.74, 6) is -4.88. The van der Waals surface area contributed by atoms with Crippen molar-refractivity contribution < 1.29 is 166 Å². The number of carbonyl (C=O) groups is 6. The number of rotatable bonds is 84. The van der Waals surface area contributed by atoms with Crippen molar-refractivity contribution in [1.82, 2.24) is 21.3 Å². The molecule has 0 aromatic carbocycles. The van der Waals surface area contributed by atoms with Crippen molar-refractivity contribution in [2.45, 2.75) is 444 Å². The van der Waals surface area contributed by atoms with Gasteiger partial charge in [-0.2, -0.15) is 0 Å². The van der Waals surface area contributed by atoms with Crippen molar-refractivity contribution in [3.05, 3.63) is 24.3 Å². The van der Waals surface area contributed by atoms with E-state index in [2.05, 4.69) is 87.1 Å². The number of amides is 4. The molecule has 0 spiro atoms. The van der Waals surface area contributed by atoms with Crippen LogP contribution >= 0.6 is 15.6 Å². The van der Waals surface area contributed by atoms with E-state index in [0.717, 1.165) is 167 Å². The summed E-state index contributed by atoms with van der Waals surface area (Å²) in [6, 6.07) is -1.97. The van der Waals surface area contributed by atoms with Gasteiger partial charge in [0.1, 0.15) is 12.2 Å². The summed E-state index contributed by atoms with van der Waals surface area (Å²) in [6.45, 7) is 13.0. The number of ether oxygens (including phenoxy) is 6. The Balaban J connectivity index is -0.0000171. The molecule has 1 aliphatic heterocycles. The van der Waals surface area contributed by atoms with E-state index in [4.69, 9.17) is 46.5 Å². The van der Waals surface area contributed by atoms with E-state index < -0.39 is 120 Å². The Kier molecular flexibility index (Phi) is 81.0. The second-order valence-corrected chi connectivity index (χ2v) is 35.4. The Morgan fingerprint density at radius 1 is 0.387 bits per heavy atom. The number of nitrogens with one attached hydrogen (secondary N) is 4. The van der Waals surface area contributed by atoms with Gasteiger partial charge in [0.15, 0.2) is 18.0 Å². The molecule has 4 unspecified atom stereocenters. The van der Waals surface area contributed by atoms with Gasteiger partial charge in [0.05, 0.1) is 76.8 Å². The van der Waals surface area contributed by atoms with Crippen LogP contribution in [0.25, 0.3) is 0 Å². The minimum absolute atomic E-state index is 0. The summed E-state index contributed by atoms with van der Waals surface area (Å²) in [7, 11) is -9.77. The predicted octanol–water partition coefficient (Wildman–Crippen LogP) is 13.3. The third-order valence-corrected chi connectivity index (χ3v) is 22.6. The fourth-order valence-electron chi connectivity index (χ4n) is 13.7. The van der Waals surface area contributed by atoms with Crippen LogP contribution in [0, 0.1) is 0 Å². The molecule has 0 bridgehead atoms. The van der Waals surface area contributed by atoms with E-state index in [1.807, 2.05) is 0 Å². The number of allylic oxidation sites excluding steroid dienone is 4. The van der Waals surface area contributed by atoms with Gasteiger partial charge in [-0.1, -0.05) is 271 Å². The summed E-state index contributed by atoms with van der Waals surface area (Å²) in [4.78, 5) is 103. The van der Waals surface area contributed by atoms with E-state index >= 15 is 0 Å². The van der Waals surface area contributed by atoms with Crippen molar-refractivity contribution >= 4 is 51.2 Å². The molecule has 0 aliphatic carbocycles. The number of phosphoric acid groups is 2. The molecule has 0 aromatic rings. The van der Waals surface area contributed by atoms with Gasteiger partial charge in [-0.25, -0.2) is 9.13 Å². The Hall–Kier alpha value is -1.72. The van der Waals surface area contributed by atoms with Gasteiger partial charge in [0.25, 0.3) is 11.8 Å².